The van der Waals surface area contributed by atoms with Gasteiger partial charge < -0.3 is 9.84 Å². The predicted molar refractivity (Wildman–Crippen MR) is 83.5 cm³/mol. The van der Waals surface area contributed by atoms with Crippen molar-refractivity contribution in [2.75, 3.05) is 13.2 Å². The molecule has 0 aromatic heterocycles. The Morgan fingerprint density at radius 1 is 1.00 bits per heavy atom. The number of rotatable bonds is 5. The Morgan fingerprint density at radius 2 is 1.58 bits per heavy atom. The van der Waals surface area contributed by atoms with Crippen LogP contribution >= 0.6 is 0 Å². The molecule has 2 aromatic rings. The molecule has 2 aromatic carbocycles. The van der Waals surface area contributed by atoms with Crippen LogP contribution in [0.1, 0.15) is 16.7 Å². The fourth-order valence-corrected chi connectivity index (χ4v) is 2.82. The average molecular weight is 337 g/mol. The summed E-state index contributed by atoms with van der Waals surface area (Å²) in [5.41, 5.74) is 1.80. The molecular formula is C18H18F3NO2. The highest BCUT2D eigenvalue weighted by atomic mass is 19.4. The maximum Gasteiger partial charge on any atom is 0.416 e. The molecular weight excluding hydrogens is 319 g/mol. The molecule has 24 heavy (non-hydrogen) atoms. The van der Waals surface area contributed by atoms with Crippen molar-refractivity contribution in [2.45, 2.75) is 25.4 Å². The summed E-state index contributed by atoms with van der Waals surface area (Å²) < 4.78 is 42.8. The third kappa shape index (κ3) is 4.07. The van der Waals surface area contributed by atoms with Crippen LogP contribution in [0.15, 0.2) is 48.5 Å². The Bertz CT molecular complexity index is 660. The van der Waals surface area contributed by atoms with Crippen molar-refractivity contribution in [1.29, 1.82) is 0 Å². The van der Waals surface area contributed by atoms with E-state index in [1.165, 1.54) is 23.3 Å². The van der Waals surface area contributed by atoms with E-state index in [4.69, 9.17) is 4.74 Å². The molecule has 0 spiro atoms. The standard InChI is InChI=1S/C18H18F3NO2/c19-18(20,21)15-5-7-17(8-6-15)24-12-16(23)11-22-9-13-3-1-2-4-14(13)10-22/h1-8,16,23H,9-12H2. The zero-order chi connectivity index (χ0) is 17.2. The Morgan fingerprint density at radius 3 is 2.12 bits per heavy atom. The van der Waals surface area contributed by atoms with E-state index in [0.717, 1.165) is 25.2 Å². The third-order valence-corrected chi connectivity index (χ3v) is 4.00. The van der Waals surface area contributed by atoms with Crippen molar-refractivity contribution < 1.29 is 23.0 Å². The van der Waals surface area contributed by atoms with Gasteiger partial charge in [0.05, 0.1) is 5.56 Å². The van der Waals surface area contributed by atoms with Crippen molar-refractivity contribution in [3.63, 3.8) is 0 Å². The smallest absolute Gasteiger partial charge is 0.416 e. The van der Waals surface area contributed by atoms with E-state index in [1.54, 1.807) is 0 Å². The van der Waals surface area contributed by atoms with Gasteiger partial charge in [-0.2, -0.15) is 13.2 Å². The van der Waals surface area contributed by atoms with Crippen LogP contribution in [0, 0.1) is 0 Å². The zero-order valence-corrected chi connectivity index (χ0v) is 13.0. The van der Waals surface area contributed by atoms with Crippen LogP contribution in [0.3, 0.4) is 0 Å². The molecule has 6 heteroatoms. The average Bonchev–Trinajstić information content (AvgIpc) is 2.94. The van der Waals surface area contributed by atoms with Gasteiger partial charge in [0.25, 0.3) is 0 Å². The molecule has 3 rings (SSSR count). The molecule has 128 valence electrons. The van der Waals surface area contributed by atoms with Gasteiger partial charge in [-0.3, -0.25) is 4.90 Å². The summed E-state index contributed by atoms with van der Waals surface area (Å²) in [5, 5.41) is 10.1. The summed E-state index contributed by atoms with van der Waals surface area (Å²) in [6, 6.07) is 12.6. The van der Waals surface area contributed by atoms with E-state index in [0.29, 0.717) is 12.3 Å². The number of benzene rings is 2. The lowest BCUT2D eigenvalue weighted by Gasteiger charge is -2.19. The summed E-state index contributed by atoms with van der Waals surface area (Å²) in [6.07, 6.45) is -5.07. The fourth-order valence-electron chi connectivity index (χ4n) is 2.82. The van der Waals surface area contributed by atoms with E-state index in [1.807, 2.05) is 12.1 Å². The maximum atomic E-state index is 12.5. The summed E-state index contributed by atoms with van der Waals surface area (Å²) >= 11 is 0. The fraction of sp³-hybridized carbons (Fsp3) is 0.333. The first kappa shape index (κ1) is 16.8. The Hall–Kier alpha value is -2.05. The number of ether oxygens (including phenoxy) is 1. The quantitative estimate of drug-likeness (QED) is 0.907. The first-order valence-corrected chi connectivity index (χ1v) is 7.69. The van der Waals surface area contributed by atoms with Gasteiger partial charge in [-0.25, -0.2) is 0 Å². The molecule has 0 bridgehead atoms. The van der Waals surface area contributed by atoms with Crippen LogP contribution < -0.4 is 4.74 Å². The molecule has 0 saturated heterocycles. The van der Waals surface area contributed by atoms with Crippen LogP contribution in [0.25, 0.3) is 0 Å². The second kappa shape index (κ2) is 6.83. The molecule has 1 N–H and O–H groups in total. The molecule has 0 amide bonds. The van der Waals surface area contributed by atoms with Crippen molar-refractivity contribution in [3.05, 3.63) is 65.2 Å². The second-order valence-corrected chi connectivity index (χ2v) is 5.93. The number of halogens is 3. The first-order chi connectivity index (χ1) is 11.4. The number of alkyl halides is 3. The van der Waals surface area contributed by atoms with Crippen molar-refractivity contribution in [1.82, 2.24) is 4.90 Å². The Kier molecular flexibility index (Phi) is 4.78. The van der Waals surface area contributed by atoms with Crippen molar-refractivity contribution in [2.24, 2.45) is 0 Å². The minimum atomic E-state index is -4.36. The van der Waals surface area contributed by atoms with Gasteiger partial charge in [0.1, 0.15) is 18.5 Å². The number of hydrogen-bond donors (Lipinski definition) is 1. The normalized spacial score (nSPS) is 16.0. The first-order valence-electron chi connectivity index (χ1n) is 7.69. The lowest BCUT2D eigenvalue weighted by molar-refractivity contribution is -0.137. The lowest BCUT2D eigenvalue weighted by Crippen LogP contribution is -2.32. The van der Waals surface area contributed by atoms with Crippen LogP contribution in [0.5, 0.6) is 5.75 Å². The van der Waals surface area contributed by atoms with Crippen LogP contribution in [0.2, 0.25) is 0 Å². The van der Waals surface area contributed by atoms with E-state index >= 15 is 0 Å². The number of hydrogen-bond acceptors (Lipinski definition) is 3. The van der Waals surface area contributed by atoms with E-state index in [9.17, 15) is 18.3 Å². The second-order valence-electron chi connectivity index (χ2n) is 5.93. The van der Waals surface area contributed by atoms with Gasteiger partial charge in [-0.05, 0) is 35.4 Å². The van der Waals surface area contributed by atoms with E-state index in [-0.39, 0.29) is 6.61 Å². The molecule has 1 atom stereocenters. The van der Waals surface area contributed by atoms with Gasteiger partial charge in [0.2, 0.25) is 0 Å². The highest BCUT2D eigenvalue weighted by molar-refractivity contribution is 5.30. The van der Waals surface area contributed by atoms with Gasteiger partial charge >= 0.3 is 6.18 Å². The minimum Gasteiger partial charge on any atom is -0.491 e. The summed E-state index contributed by atoms with van der Waals surface area (Å²) in [4.78, 5) is 2.12. The Labute approximate surface area is 138 Å². The predicted octanol–water partition coefficient (Wildman–Crippen LogP) is 3.46. The van der Waals surface area contributed by atoms with Gasteiger partial charge in [0, 0.05) is 19.6 Å². The Balaban J connectivity index is 1.47. The highest BCUT2D eigenvalue weighted by Crippen LogP contribution is 2.30. The molecule has 0 saturated carbocycles. The van der Waals surface area contributed by atoms with Crippen molar-refractivity contribution in [3.8, 4) is 5.75 Å². The molecule has 0 fully saturated rings. The molecule has 1 unspecified atom stereocenters. The summed E-state index contributed by atoms with van der Waals surface area (Å²) in [6.45, 7) is 2.06. The van der Waals surface area contributed by atoms with E-state index in [2.05, 4.69) is 17.0 Å². The van der Waals surface area contributed by atoms with Gasteiger partial charge in [0.15, 0.2) is 0 Å². The number of fused-ring (bicyclic) bond motifs is 1. The lowest BCUT2D eigenvalue weighted by atomic mass is 10.1. The van der Waals surface area contributed by atoms with Crippen LogP contribution in [0.4, 0.5) is 13.2 Å². The topological polar surface area (TPSA) is 32.7 Å². The molecule has 1 aliphatic heterocycles. The van der Waals surface area contributed by atoms with Crippen molar-refractivity contribution >= 4 is 0 Å². The van der Waals surface area contributed by atoms with Gasteiger partial charge in [-0.1, -0.05) is 24.3 Å². The number of β-amino-alcohol motifs (C(OH)–C–C–N with tert-alkyl or cyclic N) is 1. The summed E-state index contributed by atoms with van der Waals surface area (Å²) in [5.74, 6) is 0.312. The number of aliphatic hydroxyl groups is 1. The van der Waals surface area contributed by atoms with Crippen LogP contribution in [-0.4, -0.2) is 29.3 Å². The number of nitrogens with zero attached hydrogens (tertiary/aromatic N) is 1. The summed E-state index contributed by atoms with van der Waals surface area (Å²) in [7, 11) is 0. The van der Waals surface area contributed by atoms with Crippen LogP contribution in [-0.2, 0) is 19.3 Å². The SMILES string of the molecule is OC(COc1ccc(C(F)(F)F)cc1)CN1Cc2ccccc2C1. The largest absolute Gasteiger partial charge is 0.491 e. The van der Waals surface area contributed by atoms with E-state index < -0.39 is 17.8 Å². The number of aliphatic hydroxyl groups excluding tert-OH is 1. The molecule has 1 heterocycles. The molecule has 0 radical (unpaired) electrons. The molecule has 3 nitrogen and oxygen atoms in total. The van der Waals surface area contributed by atoms with Gasteiger partial charge in [-0.15, -0.1) is 0 Å². The maximum absolute atomic E-state index is 12.5. The highest BCUT2D eigenvalue weighted by Gasteiger charge is 2.30. The zero-order valence-electron chi connectivity index (χ0n) is 13.0. The third-order valence-electron chi connectivity index (χ3n) is 4.00. The monoisotopic (exact) mass is 337 g/mol. The molecule has 1 aliphatic rings. The minimum absolute atomic E-state index is 0.0399. The molecule has 0 aliphatic carbocycles.